The second-order valence-corrected chi connectivity index (χ2v) is 5.56. The van der Waals surface area contributed by atoms with Gasteiger partial charge in [0.1, 0.15) is 0 Å². The largest absolute Gasteiger partial charge is 0.179 e. The van der Waals surface area contributed by atoms with Crippen molar-refractivity contribution >= 4 is 62.3 Å². The van der Waals surface area contributed by atoms with Crippen LogP contribution in [0.25, 0.3) is 0 Å². The lowest BCUT2D eigenvalue weighted by Gasteiger charge is -2.11. The summed E-state index contributed by atoms with van der Waals surface area (Å²) in [7, 11) is 0. The third-order valence-electron chi connectivity index (χ3n) is 0.868. The van der Waals surface area contributed by atoms with E-state index in [2.05, 4.69) is 50.5 Å². The Morgan fingerprint density at radius 1 is 1.20 bits per heavy atom. The maximum Gasteiger partial charge on any atom is 0.0566 e. The summed E-state index contributed by atoms with van der Waals surface area (Å²) in [6.45, 7) is 0. The molecule has 1 atom stereocenters. The van der Waals surface area contributed by atoms with Crippen LogP contribution in [0.15, 0.2) is 0 Å². The highest BCUT2D eigenvalue weighted by Gasteiger charge is 2.08. The first-order valence-electron chi connectivity index (χ1n) is 2.91. The quantitative estimate of drug-likeness (QED) is 0.320. The van der Waals surface area contributed by atoms with Crippen LogP contribution >= 0.6 is 62.3 Å². The van der Waals surface area contributed by atoms with Crippen molar-refractivity contribution in [1.29, 1.82) is 0 Å². The molecule has 0 aliphatic rings. The van der Waals surface area contributed by atoms with Gasteiger partial charge in [0.05, 0.1) is 4.58 Å². The van der Waals surface area contributed by atoms with Crippen LogP contribution in [0, 0.1) is 0 Å². The second kappa shape index (κ2) is 7.40. The van der Waals surface area contributed by atoms with Crippen LogP contribution in [0.4, 0.5) is 0 Å². The minimum atomic E-state index is 0.0794. The fourth-order valence-electron chi connectivity index (χ4n) is 0.355. The highest BCUT2D eigenvalue weighted by molar-refractivity contribution is 8.02. The lowest BCUT2D eigenvalue weighted by molar-refractivity contribution is 1.12. The fourth-order valence-corrected chi connectivity index (χ4v) is 2.28. The molecule has 1 unspecified atom stereocenters. The zero-order valence-electron chi connectivity index (χ0n) is 5.47. The second-order valence-electron chi connectivity index (χ2n) is 1.78. The zero-order valence-corrected chi connectivity index (χ0v) is 9.87. The summed E-state index contributed by atoms with van der Waals surface area (Å²) >= 11 is 18.5. The maximum atomic E-state index is 4.30. The molecule has 0 aromatic carbocycles. The van der Waals surface area contributed by atoms with Crippen LogP contribution in [-0.2, 0) is 0 Å². The van der Waals surface area contributed by atoms with E-state index in [9.17, 15) is 0 Å². The molecule has 62 valence electrons. The molecule has 0 aliphatic carbocycles. The summed E-state index contributed by atoms with van der Waals surface area (Å²) in [6, 6.07) is 0. The Kier molecular flexibility index (Phi) is 8.70. The zero-order chi connectivity index (χ0) is 7.98. The molecule has 0 amide bonds. The van der Waals surface area contributed by atoms with E-state index in [4.69, 9.17) is 0 Å². The van der Waals surface area contributed by atoms with Crippen LogP contribution in [0.2, 0.25) is 0 Å². The first-order chi connectivity index (χ1) is 4.68. The topological polar surface area (TPSA) is 0 Å². The van der Waals surface area contributed by atoms with Gasteiger partial charge < -0.3 is 0 Å². The molecule has 0 fully saturated rings. The van der Waals surface area contributed by atoms with Crippen LogP contribution in [-0.4, -0.2) is 27.1 Å². The first kappa shape index (κ1) is 11.8. The molecule has 5 heteroatoms. The first-order valence-corrected chi connectivity index (χ1v) is 6.25. The van der Waals surface area contributed by atoms with Gasteiger partial charge in [-0.2, -0.15) is 62.3 Å². The highest BCUT2D eigenvalue weighted by Crippen LogP contribution is 2.17. The number of rotatable bonds is 5. The minimum Gasteiger partial charge on any atom is -0.179 e. The molecule has 0 aromatic rings. The summed E-state index contributed by atoms with van der Waals surface area (Å²) in [4.78, 5) is 0. The molecule has 0 heterocycles. The van der Waals surface area contributed by atoms with Gasteiger partial charge in [-0.25, -0.2) is 0 Å². The average Bonchev–Trinajstić information content (AvgIpc) is 1.88. The van der Waals surface area contributed by atoms with Gasteiger partial charge in [0.15, 0.2) is 0 Å². The maximum absolute atomic E-state index is 4.30. The SMILES string of the molecule is SCCSCC(S)C(S)S. The average molecular weight is 232 g/mol. The van der Waals surface area contributed by atoms with Crippen LogP contribution in [0.1, 0.15) is 0 Å². The molecular formula is C5H12S5. The van der Waals surface area contributed by atoms with Gasteiger partial charge >= 0.3 is 0 Å². The predicted molar refractivity (Wildman–Crippen MR) is 65.7 cm³/mol. The predicted octanol–water partition coefficient (Wildman–Crippen LogP) is 2.13. The number of hydrogen-bond donors (Lipinski definition) is 4. The summed E-state index contributed by atoms with van der Waals surface area (Å²) in [5, 5.41) is 0.275. The molecule has 0 rings (SSSR count). The van der Waals surface area contributed by atoms with Crippen molar-refractivity contribution in [2.75, 3.05) is 17.3 Å². The third-order valence-corrected chi connectivity index (χ3v) is 4.40. The number of thioether (sulfide) groups is 1. The van der Waals surface area contributed by atoms with Crippen molar-refractivity contribution in [3.05, 3.63) is 0 Å². The Morgan fingerprint density at radius 2 is 1.80 bits per heavy atom. The van der Waals surface area contributed by atoms with Crippen molar-refractivity contribution in [1.82, 2.24) is 0 Å². The van der Waals surface area contributed by atoms with Crippen molar-refractivity contribution in [2.24, 2.45) is 0 Å². The van der Waals surface area contributed by atoms with E-state index in [-0.39, 0.29) is 9.83 Å². The van der Waals surface area contributed by atoms with E-state index in [1.807, 2.05) is 11.8 Å². The van der Waals surface area contributed by atoms with Crippen molar-refractivity contribution in [3.8, 4) is 0 Å². The lowest BCUT2D eigenvalue weighted by Crippen LogP contribution is -2.12. The van der Waals surface area contributed by atoms with E-state index in [1.165, 1.54) is 0 Å². The lowest BCUT2D eigenvalue weighted by atomic mass is 10.5. The monoisotopic (exact) mass is 232 g/mol. The molecule has 0 aromatic heterocycles. The van der Waals surface area contributed by atoms with Gasteiger partial charge in [-0.15, -0.1) is 0 Å². The molecule has 0 saturated carbocycles. The summed E-state index contributed by atoms with van der Waals surface area (Å²) in [5.41, 5.74) is 0. The Morgan fingerprint density at radius 3 is 2.20 bits per heavy atom. The van der Waals surface area contributed by atoms with E-state index >= 15 is 0 Å². The standard InChI is InChI=1S/C5H12S5/c6-1-2-10-3-4(7)5(8)9/h4-9H,1-3H2. The Hall–Kier alpha value is 1.75. The summed E-state index contributed by atoms with van der Waals surface area (Å²) in [6.07, 6.45) is 0. The van der Waals surface area contributed by atoms with E-state index in [0.29, 0.717) is 0 Å². The summed E-state index contributed by atoms with van der Waals surface area (Å²) < 4.78 is 0.0794. The molecule has 0 aliphatic heterocycles. The van der Waals surface area contributed by atoms with Gasteiger partial charge in [-0.3, -0.25) is 0 Å². The van der Waals surface area contributed by atoms with E-state index in [1.54, 1.807) is 0 Å². The van der Waals surface area contributed by atoms with Gasteiger partial charge in [0.2, 0.25) is 0 Å². The smallest absolute Gasteiger partial charge is 0.0566 e. The molecular weight excluding hydrogens is 220 g/mol. The van der Waals surface area contributed by atoms with Gasteiger partial charge in [0.25, 0.3) is 0 Å². The van der Waals surface area contributed by atoms with Crippen molar-refractivity contribution < 1.29 is 0 Å². The molecule has 0 N–H and O–H groups in total. The fraction of sp³-hybridized carbons (Fsp3) is 1.00. The van der Waals surface area contributed by atoms with Crippen LogP contribution in [0.3, 0.4) is 0 Å². The molecule has 10 heavy (non-hydrogen) atoms. The van der Waals surface area contributed by atoms with Crippen LogP contribution in [0.5, 0.6) is 0 Å². The van der Waals surface area contributed by atoms with Crippen molar-refractivity contribution in [2.45, 2.75) is 9.83 Å². The molecule has 0 nitrogen and oxygen atoms in total. The number of thiol groups is 4. The van der Waals surface area contributed by atoms with Crippen molar-refractivity contribution in [3.63, 3.8) is 0 Å². The molecule has 0 spiro atoms. The Bertz CT molecular complexity index is 74.4. The molecule has 0 bridgehead atoms. The minimum absolute atomic E-state index is 0.0794. The Balaban J connectivity index is 3.13. The number of hydrogen-bond acceptors (Lipinski definition) is 5. The summed E-state index contributed by atoms with van der Waals surface area (Å²) in [5.74, 6) is 3.00. The Labute approximate surface area is 88.9 Å². The van der Waals surface area contributed by atoms with Crippen LogP contribution < -0.4 is 0 Å². The van der Waals surface area contributed by atoms with Gasteiger partial charge in [-0.05, 0) is 5.75 Å². The van der Waals surface area contributed by atoms with Gasteiger partial charge in [-0.1, -0.05) is 0 Å². The highest BCUT2D eigenvalue weighted by atomic mass is 32.2. The third kappa shape index (κ3) is 6.46. The van der Waals surface area contributed by atoms with Gasteiger partial charge in [0, 0.05) is 16.8 Å². The molecule has 0 radical (unpaired) electrons. The van der Waals surface area contributed by atoms with E-state index in [0.717, 1.165) is 17.3 Å². The normalized spacial score (nSPS) is 14.1. The van der Waals surface area contributed by atoms with E-state index < -0.39 is 0 Å². The molecule has 0 saturated heterocycles.